The van der Waals surface area contributed by atoms with Crippen LogP contribution in [0.4, 0.5) is 5.69 Å². The second-order valence-corrected chi connectivity index (χ2v) is 4.71. The van der Waals surface area contributed by atoms with Gasteiger partial charge >= 0.3 is 0 Å². The average Bonchev–Trinajstić information content (AvgIpc) is 2.37. The molecule has 0 spiro atoms. The fraction of sp³-hybridized carbons (Fsp3) is 0.571. The Kier molecular flexibility index (Phi) is 7.07. The normalized spacial score (nSPS) is 10.9. The molecule has 0 aliphatic heterocycles. The summed E-state index contributed by atoms with van der Waals surface area (Å²) >= 11 is 0. The maximum absolute atomic E-state index is 10.8. The monoisotopic (exact) mass is 266 g/mol. The Morgan fingerprint density at radius 3 is 2.74 bits per heavy atom. The lowest BCUT2D eigenvalue weighted by Gasteiger charge is -2.08. The van der Waals surface area contributed by atoms with E-state index in [0.29, 0.717) is 25.7 Å². The number of nitro benzene ring substituents is 1. The van der Waals surface area contributed by atoms with E-state index in [1.165, 1.54) is 6.07 Å². The Hall–Kier alpha value is -1.46. The highest BCUT2D eigenvalue weighted by molar-refractivity contribution is 5.39. The minimum Gasteiger partial charge on any atom is -0.381 e. The van der Waals surface area contributed by atoms with Crippen LogP contribution >= 0.6 is 0 Å². The van der Waals surface area contributed by atoms with Crippen molar-refractivity contribution in [3.8, 4) is 0 Å². The second kappa shape index (κ2) is 8.61. The van der Waals surface area contributed by atoms with Gasteiger partial charge in [0, 0.05) is 30.7 Å². The zero-order valence-corrected chi connectivity index (χ0v) is 11.6. The highest BCUT2D eigenvalue weighted by Crippen LogP contribution is 2.17. The summed E-state index contributed by atoms with van der Waals surface area (Å²) in [7, 11) is 0. The standard InChI is InChI=1S/C14H22N2O3/c1-12(2)15-9-5-10-19-11-8-13-6-3-4-7-14(13)16(17)18/h3-4,6-7,12,15H,5,8-11H2,1-2H3. The van der Waals surface area contributed by atoms with E-state index in [9.17, 15) is 10.1 Å². The minimum absolute atomic E-state index is 0.174. The third-order valence-corrected chi connectivity index (χ3v) is 2.72. The van der Waals surface area contributed by atoms with Gasteiger partial charge in [0.25, 0.3) is 5.69 Å². The van der Waals surface area contributed by atoms with Gasteiger partial charge < -0.3 is 10.1 Å². The summed E-state index contributed by atoms with van der Waals surface area (Å²) in [6, 6.07) is 7.30. The van der Waals surface area contributed by atoms with Crippen molar-refractivity contribution in [2.75, 3.05) is 19.8 Å². The summed E-state index contributed by atoms with van der Waals surface area (Å²) in [6.45, 7) is 6.35. The summed E-state index contributed by atoms with van der Waals surface area (Å²) in [5.74, 6) is 0. The van der Waals surface area contributed by atoms with Gasteiger partial charge in [-0.1, -0.05) is 32.0 Å². The van der Waals surface area contributed by atoms with E-state index in [1.807, 2.05) is 6.07 Å². The molecule has 0 aliphatic carbocycles. The van der Waals surface area contributed by atoms with Crippen molar-refractivity contribution in [1.29, 1.82) is 0 Å². The number of nitro groups is 1. The smallest absolute Gasteiger partial charge is 0.272 e. The molecule has 1 aromatic rings. The molecule has 0 saturated carbocycles. The van der Waals surface area contributed by atoms with Gasteiger partial charge in [-0.25, -0.2) is 0 Å². The molecule has 0 atom stereocenters. The lowest BCUT2D eigenvalue weighted by Crippen LogP contribution is -2.24. The average molecular weight is 266 g/mol. The van der Waals surface area contributed by atoms with Crippen molar-refractivity contribution < 1.29 is 9.66 Å². The number of nitrogens with zero attached hydrogens (tertiary/aromatic N) is 1. The topological polar surface area (TPSA) is 64.4 Å². The molecule has 0 radical (unpaired) electrons. The van der Waals surface area contributed by atoms with E-state index >= 15 is 0 Å². The molecule has 1 aromatic carbocycles. The summed E-state index contributed by atoms with van der Waals surface area (Å²) in [4.78, 5) is 10.5. The number of para-hydroxylation sites is 1. The van der Waals surface area contributed by atoms with Crippen molar-refractivity contribution in [3.63, 3.8) is 0 Å². The number of hydrogen-bond acceptors (Lipinski definition) is 4. The van der Waals surface area contributed by atoms with Crippen molar-refractivity contribution in [1.82, 2.24) is 5.32 Å². The third-order valence-electron chi connectivity index (χ3n) is 2.72. The van der Waals surface area contributed by atoms with Crippen molar-refractivity contribution in [2.45, 2.75) is 32.7 Å². The maximum atomic E-state index is 10.8. The SMILES string of the molecule is CC(C)NCCCOCCc1ccccc1[N+](=O)[O-]. The molecule has 0 amide bonds. The lowest BCUT2D eigenvalue weighted by molar-refractivity contribution is -0.385. The summed E-state index contributed by atoms with van der Waals surface area (Å²) in [6.07, 6.45) is 1.53. The molecule has 5 heteroatoms. The first-order valence-corrected chi connectivity index (χ1v) is 6.64. The van der Waals surface area contributed by atoms with Gasteiger partial charge in [0.2, 0.25) is 0 Å². The van der Waals surface area contributed by atoms with Crippen LogP contribution < -0.4 is 5.32 Å². The zero-order chi connectivity index (χ0) is 14.1. The minimum atomic E-state index is -0.345. The van der Waals surface area contributed by atoms with E-state index in [4.69, 9.17) is 4.74 Å². The molecule has 0 bridgehead atoms. The van der Waals surface area contributed by atoms with Gasteiger partial charge in [-0.3, -0.25) is 10.1 Å². The Bertz CT molecular complexity index is 394. The summed E-state index contributed by atoms with van der Waals surface area (Å²) < 4.78 is 5.49. The van der Waals surface area contributed by atoms with Crippen LogP contribution in [-0.2, 0) is 11.2 Å². The van der Waals surface area contributed by atoms with Crippen LogP contribution in [-0.4, -0.2) is 30.7 Å². The molecule has 0 heterocycles. The zero-order valence-electron chi connectivity index (χ0n) is 11.6. The number of nitrogens with one attached hydrogen (secondary N) is 1. The first kappa shape index (κ1) is 15.6. The van der Waals surface area contributed by atoms with E-state index in [1.54, 1.807) is 12.1 Å². The molecule has 1 rings (SSSR count). The molecular weight excluding hydrogens is 244 g/mol. The number of benzene rings is 1. The molecular formula is C14H22N2O3. The maximum Gasteiger partial charge on any atom is 0.272 e. The lowest BCUT2D eigenvalue weighted by atomic mass is 10.1. The van der Waals surface area contributed by atoms with Crippen molar-refractivity contribution in [2.24, 2.45) is 0 Å². The Labute approximate surface area is 114 Å². The molecule has 0 fully saturated rings. The van der Waals surface area contributed by atoms with Crippen LogP contribution in [0.2, 0.25) is 0 Å². The van der Waals surface area contributed by atoms with E-state index < -0.39 is 0 Å². The number of rotatable bonds is 9. The van der Waals surface area contributed by atoms with Crippen molar-refractivity contribution in [3.05, 3.63) is 39.9 Å². The number of ether oxygens (including phenoxy) is 1. The van der Waals surface area contributed by atoms with E-state index in [2.05, 4.69) is 19.2 Å². The molecule has 0 aromatic heterocycles. The van der Waals surface area contributed by atoms with Crippen LogP contribution in [0.3, 0.4) is 0 Å². The van der Waals surface area contributed by atoms with Crippen LogP contribution in [0.25, 0.3) is 0 Å². The molecule has 0 saturated heterocycles. The molecule has 106 valence electrons. The van der Waals surface area contributed by atoms with Crippen molar-refractivity contribution >= 4 is 5.69 Å². The van der Waals surface area contributed by atoms with E-state index in [0.717, 1.165) is 18.5 Å². The Balaban J connectivity index is 2.21. The molecule has 5 nitrogen and oxygen atoms in total. The second-order valence-electron chi connectivity index (χ2n) is 4.71. The molecule has 0 unspecified atom stereocenters. The van der Waals surface area contributed by atoms with Crippen LogP contribution in [0.15, 0.2) is 24.3 Å². The van der Waals surface area contributed by atoms with Gasteiger partial charge in [-0.05, 0) is 13.0 Å². The van der Waals surface area contributed by atoms with Crippen LogP contribution in [0.1, 0.15) is 25.8 Å². The number of hydrogen-bond donors (Lipinski definition) is 1. The van der Waals surface area contributed by atoms with E-state index in [-0.39, 0.29) is 10.6 Å². The summed E-state index contributed by atoms with van der Waals surface area (Å²) in [5, 5.41) is 14.1. The molecule has 1 N–H and O–H groups in total. The first-order chi connectivity index (χ1) is 9.11. The fourth-order valence-corrected chi connectivity index (χ4v) is 1.75. The summed E-state index contributed by atoms with van der Waals surface area (Å²) in [5.41, 5.74) is 0.903. The highest BCUT2D eigenvalue weighted by atomic mass is 16.6. The Morgan fingerprint density at radius 1 is 1.32 bits per heavy atom. The highest BCUT2D eigenvalue weighted by Gasteiger charge is 2.11. The predicted octanol–water partition coefficient (Wildman–Crippen LogP) is 2.54. The largest absolute Gasteiger partial charge is 0.381 e. The quantitative estimate of drug-likeness (QED) is 0.424. The van der Waals surface area contributed by atoms with Gasteiger partial charge in [0.15, 0.2) is 0 Å². The Morgan fingerprint density at radius 2 is 2.05 bits per heavy atom. The van der Waals surface area contributed by atoms with Gasteiger partial charge in [-0.2, -0.15) is 0 Å². The van der Waals surface area contributed by atoms with Gasteiger partial charge in [-0.15, -0.1) is 0 Å². The molecule has 0 aliphatic rings. The molecule has 19 heavy (non-hydrogen) atoms. The van der Waals surface area contributed by atoms with Crippen LogP contribution in [0, 0.1) is 10.1 Å². The first-order valence-electron chi connectivity index (χ1n) is 6.64. The van der Waals surface area contributed by atoms with Gasteiger partial charge in [0.05, 0.1) is 11.5 Å². The van der Waals surface area contributed by atoms with Gasteiger partial charge in [0.1, 0.15) is 0 Å². The fourth-order valence-electron chi connectivity index (χ4n) is 1.75. The predicted molar refractivity (Wildman–Crippen MR) is 75.4 cm³/mol. The van der Waals surface area contributed by atoms with Crippen LogP contribution in [0.5, 0.6) is 0 Å². The third kappa shape index (κ3) is 6.31.